The Kier molecular flexibility index (Phi) is 3.23. The molecule has 0 aliphatic heterocycles. The van der Waals surface area contributed by atoms with Crippen molar-refractivity contribution in [3.8, 4) is 0 Å². The molecule has 0 atom stereocenters. The number of aromatic nitrogens is 2. The molecule has 17 heavy (non-hydrogen) atoms. The quantitative estimate of drug-likeness (QED) is 0.876. The molecule has 0 bridgehead atoms. The Bertz CT molecular complexity index is 514. The van der Waals surface area contributed by atoms with E-state index in [1.165, 1.54) is 18.0 Å². The molecule has 0 saturated heterocycles. The number of rotatable bonds is 4. The van der Waals surface area contributed by atoms with Crippen molar-refractivity contribution in [1.82, 2.24) is 9.78 Å². The lowest BCUT2D eigenvalue weighted by Crippen LogP contribution is -2.00. The first kappa shape index (κ1) is 11.4. The zero-order valence-corrected chi connectivity index (χ0v) is 9.63. The van der Waals surface area contributed by atoms with Gasteiger partial charge in [-0.15, -0.1) is 0 Å². The van der Waals surface area contributed by atoms with E-state index in [2.05, 4.69) is 24.2 Å². The molecule has 0 fully saturated rings. The van der Waals surface area contributed by atoms with Gasteiger partial charge in [-0.3, -0.25) is 4.68 Å². The lowest BCUT2D eigenvalue weighted by Gasteiger charge is -2.02. The van der Waals surface area contributed by atoms with E-state index in [0.29, 0.717) is 6.54 Å². The van der Waals surface area contributed by atoms with Crippen LogP contribution in [0.5, 0.6) is 0 Å². The van der Waals surface area contributed by atoms with Crippen molar-refractivity contribution in [3.63, 3.8) is 0 Å². The SMILES string of the molecule is CCc1ccc(Cn2cc(C(=O)O)cn2)cc1. The Labute approximate surface area is 99.5 Å². The van der Waals surface area contributed by atoms with Gasteiger partial charge in [-0.1, -0.05) is 31.2 Å². The van der Waals surface area contributed by atoms with Crippen LogP contribution in [0.3, 0.4) is 0 Å². The Balaban J connectivity index is 2.11. The number of carboxylic acids is 1. The molecule has 2 aromatic rings. The van der Waals surface area contributed by atoms with Crippen molar-refractivity contribution < 1.29 is 9.90 Å². The summed E-state index contributed by atoms with van der Waals surface area (Å²) < 4.78 is 1.63. The molecule has 1 N–H and O–H groups in total. The van der Waals surface area contributed by atoms with Crippen LogP contribution >= 0.6 is 0 Å². The minimum absolute atomic E-state index is 0.218. The number of aromatic carboxylic acids is 1. The molecule has 4 nitrogen and oxygen atoms in total. The van der Waals surface area contributed by atoms with Crippen molar-refractivity contribution in [2.24, 2.45) is 0 Å². The second kappa shape index (κ2) is 4.82. The summed E-state index contributed by atoms with van der Waals surface area (Å²) in [5, 5.41) is 12.8. The monoisotopic (exact) mass is 230 g/mol. The normalized spacial score (nSPS) is 10.4. The van der Waals surface area contributed by atoms with Crippen molar-refractivity contribution in [3.05, 3.63) is 53.3 Å². The fourth-order valence-corrected chi connectivity index (χ4v) is 1.63. The van der Waals surface area contributed by atoms with E-state index in [1.807, 2.05) is 12.1 Å². The molecule has 0 amide bonds. The van der Waals surface area contributed by atoms with Gasteiger partial charge in [-0.25, -0.2) is 4.79 Å². The summed E-state index contributed by atoms with van der Waals surface area (Å²) in [5.74, 6) is -0.947. The van der Waals surface area contributed by atoms with Crippen molar-refractivity contribution in [1.29, 1.82) is 0 Å². The van der Waals surface area contributed by atoms with E-state index >= 15 is 0 Å². The highest BCUT2D eigenvalue weighted by Crippen LogP contribution is 2.07. The Hall–Kier alpha value is -2.10. The average molecular weight is 230 g/mol. The molecule has 1 aromatic carbocycles. The van der Waals surface area contributed by atoms with Gasteiger partial charge in [0.25, 0.3) is 0 Å². The second-order valence-electron chi connectivity index (χ2n) is 3.90. The van der Waals surface area contributed by atoms with Gasteiger partial charge in [0.2, 0.25) is 0 Å². The predicted octanol–water partition coefficient (Wildman–Crippen LogP) is 2.19. The topological polar surface area (TPSA) is 55.1 Å². The summed E-state index contributed by atoms with van der Waals surface area (Å²) in [6.07, 6.45) is 3.92. The number of aryl methyl sites for hydroxylation is 1. The van der Waals surface area contributed by atoms with Gasteiger partial charge in [0.1, 0.15) is 0 Å². The van der Waals surface area contributed by atoms with Crippen LogP contribution in [-0.4, -0.2) is 20.9 Å². The maximum absolute atomic E-state index is 10.7. The van der Waals surface area contributed by atoms with Crippen LogP contribution < -0.4 is 0 Å². The van der Waals surface area contributed by atoms with E-state index in [-0.39, 0.29) is 5.56 Å². The molecule has 1 heterocycles. The molecule has 0 radical (unpaired) electrons. The fourth-order valence-electron chi connectivity index (χ4n) is 1.63. The number of carboxylic acid groups (broad SMARTS) is 1. The summed E-state index contributed by atoms with van der Waals surface area (Å²) in [6, 6.07) is 8.25. The minimum atomic E-state index is -0.947. The lowest BCUT2D eigenvalue weighted by atomic mass is 10.1. The third kappa shape index (κ3) is 2.72. The van der Waals surface area contributed by atoms with Gasteiger partial charge >= 0.3 is 5.97 Å². The van der Waals surface area contributed by atoms with Crippen LogP contribution in [-0.2, 0) is 13.0 Å². The smallest absolute Gasteiger partial charge is 0.338 e. The van der Waals surface area contributed by atoms with Crippen molar-refractivity contribution in [2.45, 2.75) is 19.9 Å². The fraction of sp³-hybridized carbons (Fsp3) is 0.231. The van der Waals surface area contributed by atoms with Gasteiger partial charge < -0.3 is 5.11 Å². The highest BCUT2D eigenvalue weighted by atomic mass is 16.4. The maximum Gasteiger partial charge on any atom is 0.338 e. The molecule has 4 heteroatoms. The molecule has 0 spiro atoms. The Morgan fingerprint density at radius 2 is 1.94 bits per heavy atom. The largest absolute Gasteiger partial charge is 0.478 e. The minimum Gasteiger partial charge on any atom is -0.478 e. The van der Waals surface area contributed by atoms with E-state index in [9.17, 15) is 4.79 Å². The van der Waals surface area contributed by atoms with Crippen LogP contribution in [0.1, 0.15) is 28.4 Å². The van der Waals surface area contributed by atoms with E-state index in [0.717, 1.165) is 12.0 Å². The maximum atomic E-state index is 10.7. The third-order valence-electron chi connectivity index (χ3n) is 2.66. The second-order valence-corrected chi connectivity index (χ2v) is 3.90. The van der Waals surface area contributed by atoms with Crippen LogP contribution in [0.25, 0.3) is 0 Å². The zero-order chi connectivity index (χ0) is 12.3. The first-order valence-corrected chi connectivity index (χ1v) is 5.52. The van der Waals surface area contributed by atoms with Crippen LogP contribution in [0.2, 0.25) is 0 Å². The van der Waals surface area contributed by atoms with E-state index in [1.54, 1.807) is 4.68 Å². The number of hydrogen-bond donors (Lipinski definition) is 1. The molecular formula is C13H14N2O2. The standard InChI is InChI=1S/C13H14N2O2/c1-2-10-3-5-11(6-4-10)8-15-9-12(7-14-15)13(16)17/h3-7,9H,2,8H2,1H3,(H,16,17). The van der Waals surface area contributed by atoms with Gasteiger partial charge in [-0.2, -0.15) is 5.10 Å². The molecule has 0 aliphatic rings. The molecular weight excluding hydrogens is 216 g/mol. The number of carbonyl (C=O) groups is 1. The molecule has 0 unspecified atom stereocenters. The van der Waals surface area contributed by atoms with Gasteiger partial charge in [0.15, 0.2) is 0 Å². The van der Waals surface area contributed by atoms with Crippen molar-refractivity contribution in [2.75, 3.05) is 0 Å². The van der Waals surface area contributed by atoms with E-state index < -0.39 is 5.97 Å². The van der Waals surface area contributed by atoms with Crippen LogP contribution in [0.15, 0.2) is 36.7 Å². The van der Waals surface area contributed by atoms with Gasteiger partial charge in [0.05, 0.1) is 18.3 Å². The molecule has 2 rings (SSSR count). The highest BCUT2D eigenvalue weighted by Gasteiger charge is 2.05. The van der Waals surface area contributed by atoms with Crippen LogP contribution in [0.4, 0.5) is 0 Å². The highest BCUT2D eigenvalue weighted by molar-refractivity contribution is 5.86. The molecule has 0 aliphatic carbocycles. The number of nitrogens with zero attached hydrogens (tertiary/aromatic N) is 2. The zero-order valence-electron chi connectivity index (χ0n) is 9.63. The van der Waals surface area contributed by atoms with E-state index in [4.69, 9.17) is 5.11 Å². The molecule has 1 aromatic heterocycles. The summed E-state index contributed by atoms with van der Waals surface area (Å²) in [4.78, 5) is 10.7. The first-order valence-electron chi connectivity index (χ1n) is 5.52. The number of benzene rings is 1. The summed E-state index contributed by atoms with van der Waals surface area (Å²) in [6.45, 7) is 2.71. The van der Waals surface area contributed by atoms with Crippen molar-refractivity contribution >= 4 is 5.97 Å². The first-order chi connectivity index (χ1) is 8.19. The predicted molar refractivity (Wildman–Crippen MR) is 64.1 cm³/mol. The lowest BCUT2D eigenvalue weighted by molar-refractivity contribution is 0.0697. The summed E-state index contributed by atoms with van der Waals surface area (Å²) in [5.41, 5.74) is 2.62. The average Bonchev–Trinajstić information content (AvgIpc) is 2.79. The summed E-state index contributed by atoms with van der Waals surface area (Å²) in [7, 11) is 0. The number of hydrogen-bond acceptors (Lipinski definition) is 2. The summed E-state index contributed by atoms with van der Waals surface area (Å²) >= 11 is 0. The Morgan fingerprint density at radius 3 is 2.47 bits per heavy atom. The van der Waals surface area contributed by atoms with Gasteiger partial charge in [0, 0.05) is 6.20 Å². The molecule has 0 saturated carbocycles. The third-order valence-corrected chi connectivity index (χ3v) is 2.66. The Morgan fingerprint density at radius 1 is 1.29 bits per heavy atom. The molecule has 88 valence electrons. The van der Waals surface area contributed by atoms with Gasteiger partial charge in [-0.05, 0) is 17.5 Å². The van der Waals surface area contributed by atoms with Crippen LogP contribution in [0, 0.1) is 0 Å².